The average molecular weight is 276 g/mol. The molecule has 19 heavy (non-hydrogen) atoms. The minimum absolute atomic E-state index is 0.518. The van der Waals surface area contributed by atoms with Gasteiger partial charge in [-0.1, -0.05) is 13.8 Å². The number of nitrogens with one attached hydrogen (secondary N) is 1. The maximum absolute atomic E-state index is 5.53. The molecule has 3 atom stereocenters. The van der Waals surface area contributed by atoms with Crippen LogP contribution in [-0.2, 0) is 0 Å². The number of hydrogen-bond acceptors (Lipinski definition) is 2. The van der Waals surface area contributed by atoms with Crippen LogP contribution in [-0.4, -0.2) is 16.7 Å². The van der Waals surface area contributed by atoms with Crippen molar-refractivity contribution in [3.63, 3.8) is 0 Å². The smallest absolute Gasteiger partial charge is 0.178 e. The number of nitrogens with zero attached hydrogens (tertiary/aromatic N) is 1. The molecule has 0 saturated heterocycles. The average Bonchev–Trinajstić information content (AvgIpc) is 2.89. The Bertz CT molecular complexity index is 658. The highest BCUT2D eigenvalue weighted by molar-refractivity contribution is 7.71. The maximum atomic E-state index is 5.53. The molecule has 1 heterocycles. The Morgan fingerprint density at radius 3 is 2.74 bits per heavy atom. The molecule has 3 nitrogen and oxygen atoms in total. The molecule has 2 aromatic rings. The molecular weight excluding hydrogens is 256 g/mol. The molecule has 3 rings (SSSR count). The zero-order chi connectivity index (χ0) is 13.6. The molecule has 0 amide bonds. The third-order valence-corrected chi connectivity index (χ3v) is 4.98. The van der Waals surface area contributed by atoms with Gasteiger partial charge in [-0.05, 0) is 49.0 Å². The van der Waals surface area contributed by atoms with Crippen molar-refractivity contribution < 1.29 is 4.74 Å². The zero-order valence-corrected chi connectivity index (χ0v) is 12.5. The minimum atomic E-state index is 0.518. The number of hydrogen-bond donors (Lipinski definition) is 1. The first-order valence-corrected chi connectivity index (χ1v) is 7.31. The Kier molecular flexibility index (Phi) is 3.13. The van der Waals surface area contributed by atoms with Crippen LogP contribution in [0.5, 0.6) is 5.75 Å². The first-order valence-electron chi connectivity index (χ1n) is 6.90. The van der Waals surface area contributed by atoms with Crippen molar-refractivity contribution in [3.05, 3.63) is 23.0 Å². The summed E-state index contributed by atoms with van der Waals surface area (Å²) in [5, 5.41) is 0. The fraction of sp³-hybridized carbons (Fsp3) is 0.533. The van der Waals surface area contributed by atoms with E-state index in [1.54, 1.807) is 7.11 Å². The predicted molar refractivity (Wildman–Crippen MR) is 80.3 cm³/mol. The molecule has 1 aliphatic carbocycles. The lowest BCUT2D eigenvalue weighted by atomic mass is 9.97. The molecule has 1 aromatic heterocycles. The Morgan fingerprint density at radius 2 is 2.11 bits per heavy atom. The van der Waals surface area contributed by atoms with Crippen LogP contribution in [0.15, 0.2) is 18.2 Å². The third-order valence-electron chi connectivity index (χ3n) is 4.68. The van der Waals surface area contributed by atoms with E-state index in [1.807, 2.05) is 12.1 Å². The van der Waals surface area contributed by atoms with E-state index in [0.29, 0.717) is 12.0 Å². The predicted octanol–water partition coefficient (Wildman–Crippen LogP) is 4.31. The van der Waals surface area contributed by atoms with E-state index in [0.717, 1.165) is 22.0 Å². The summed E-state index contributed by atoms with van der Waals surface area (Å²) in [7, 11) is 1.69. The fourth-order valence-corrected chi connectivity index (χ4v) is 3.61. The van der Waals surface area contributed by atoms with Gasteiger partial charge in [-0.15, -0.1) is 0 Å². The topological polar surface area (TPSA) is 29.9 Å². The number of fused-ring (bicyclic) bond motifs is 1. The number of benzene rings is 1. The van der Waals surface area contributed by atoms with E-state index < -0.39 is 0 Å². The van der Waals surface area contributed by atoms with Crippen LogP contribution in [0, 0.1) is 16.6 Å². The lowest BCUT2D eigenvalue weighted by Gasteiger charge is -2.20. The monoisotopic (exact) mass is 276 g/mol. The van der Waals surface area contributed by atoms with Crippen molar-refractivity contribution in [2.45, 2.75) is 32.7 Å². The van der Waals surface area contributed by atoms with E-state index in [4.69, 9.17) is 17.0 Å². The van der Waals surface area contributed by atoms with Crippen LogP contribution in [0.2, 0.25) is 0 Å². The highest BCUT2D eigenvalue weighted by Gasteiger charge is 2.32. The van der Waals surface area contributed by atoms with Crippen molar-refractivity contribution in [3.8, 4) is 5.75 Å². The van der Waals surface area contributed by atoms with Crippen LogP contribution >= 0.6 is 12.2 Å². The first-order chi connectivity index (χ1) is 9.11. The molecule has 1 aromatic carbocycles. The largest absolute Gasteiger partial charge is 0.497 e. The molecule has 1 fully saturated rings. The number of rotatable bonds is 2. The number of aromatic nitrogens is 2. The summed E-state index contributed by atoms with van der Waals surface area (Å²) in [6.45, 7) is 4.68. The van der Waals surface area contributed by atoms with Crippen molar-refractivity contribution in [2.75, 3.05) is 7.11 Å². The highest BCUT2D eigenvalue weighted by Crippen LogP contribution is 2.41. The third kappa shape index (κ3) is 1.98. The summed E-state index contributed by atoms with van der Waals surface area (Å²) in [5.41, 5.74) is 2.26. The molecule has 3 unspecified atom stereocenters. The second-order valence-electron chi connectivity index (χ2n) is 5.66. The Labute approximate surface area is 118 Å². The fourth-order valence-electron chi connectivity index (χ4n) is 3.27. The summed E-state index contributed by atoms with van der Waals surface area (Å²) < 4.78 is 8.40. The van der Waals surface area contributed by atoms with Crippen LogP contribution in [0.4, 0.5) is 0 Å². The van der Waals surface area contributed by atoms with Gasteiger partial charge in [0.15, 0.2) is 4.77 Å². The van der Waals surface area contributed by atoms with E-state index in [9.17, 15) is 0 Å². The van der Waals surface area contributed by atoms with Gasteiger partial charge in [0.05, 0.1) is 18.1 Å². The summed E-state index contributed by atoms with van der Waals surface area (Å²) in [6, 6.07) is 6.65. The normalized spacial score (nSPS) is 27.0. The summed E-state index contributed by atoms with van der Waals surface area (Å²) in [5.74, 6) is 2.31. The van der Waals surface area contributed by atoms with Crippen molar-refractivity contribution in [1.82, 2.24) is 9.55 Å². The van der Waals surface area contributed by atoms with Gasteiger partial charge < -0.3 is 14.3 Å². The van der Waals surface area contributed by atoms with Crippen LogP contribution < -0.4 is 4.74 Å². The number of aromatic amines is 1. The number of ether oxygens (including phenoxy) is 1. The SMILES string of the molecule is COc1ccc2c(c1)[nH]c(=S)n2C1CCC(C)C1C. The Hall–Kier alpha value is -1.29. The minimum Gasteiger partial charge on any atom is -0.497 e. The van der Waals surface area contributed by atoms with Crippen molar-refractivity contribution in [2.24, 2.45) is 11.8 Å². The van der Waals surface area contributed by atoms with Crippen LogP contribution in [0.25, 0.3) is 11.0 Å². The molecule has 1 aliphatic rings. The molecular formula is C15H20N2OS. The van der Waals surface area contributed by atoms with Crippen LogP contribution in [0.3, 0.4) is 0 Å². The lowest BCUT2D eigenvalue weighted by molar-refractivity contribution is 0.356. The van der Waals surface area contributed by atoms with E-state index in [2.05, 4.69) is 29.5 Å². The van der Waals surface area contributed by atoms with Gasteiger partial charge in [0.1, 0.15) is 5.75 Å². The molecule has 102 valence electrons. The Morgan fingerprint density at radius 1 is 1.32 bits per heavy atom. The zero-order valence-electron chi connectivity index (χ0n) is 11.6. The molecule has 0 bridgehead atoms. The number of methoxy groups -OCH3 is 1. The molecule has 4 heteroatoms. The second kappa shape index (κ2) is 4.67. The van der Waals surface area contributed by atoms with Crippen LogP contribution in [0.1, 0.15) is 32.7 Å². The maximum Gasteiger partial charge on any atom is 0.178 e. The van der Waals surface area contributed by atoms with E-state index in [1.165, 1.54) is 18.4 Å². The van der Waals surface area contributed by atoms with Gasteiger partial charge in [-0.3, -0.25) is 0 Å². The molecule has 0 aliphatic heterocycles. The van der Waals surface area contributed by atoms with Gasteiger partial charge in [0, 0.05) is 12.1 Å². The van der Waals surface area contributed by atoms with Gasteiger partial charge in [0.25, 0.3) is 0 Å². The van der Waals surface area contributed by atoms with Gasteiger partial charge in [-0.25, -0.2) is 0 Å². The van der Waals surface area contributed by atoms with Gasteiger partial charge in [0.2, 0.25) is 0 Å². The molecule has 0 spiro atoms. The second-order valence-corrected chi connectivity index (χ2v) is 6.05. The van der Waals surface area contributed by atoms with E-state index in [-0.39, 0.29) is 0 Å². The molecule has 1 N–H and O–H groups in total. The summed E-state index contributed by atoms with van der Waals surface area (Å²) in [4.78, 5) is 3.31. The Balaban J connectivity index is 2.14. The molecule has 0 radical (unpaired) electrons. The van der Waals surface area contributed by atoms with Crippen molar-refractivity contribution >= 4 is 23.3 Å². The standard InChI is InChI=1S/C15H20N2OS/c1-9-4-6-13(10(9)2)17-14-7-5-11(18-3)8-12(14)16-15(17)19/h5,7-10,13H,4,6H2,1-3H3,(H,16,19). The van der Waals surface area contributed by atoms with Crippen molar-refractivity contribution in [1.29, 1.82) is 0 Å². The quantitative estimate of drug-likeness (QED) is 0.828. The summed E-state index contributed by atoms with van der Waals surface area (Å²) in [6.07, 6.45) is 2.51. The van der Waals surface area contributed by atoms with Gasteiger partial charge in [-0.2, -0.15) is 0 Å². The van der Waals surface area contributed by atoms with Gasteiger partial charge >= 0.3 is 0 Å². The van der Waals surface area contributed by atoms with E-state index >= 15 is 0 Å². The highest BCUT2D eigenvalue weighted by atomic mass is 32.1. The number of H-pyrrole nitrogens is 1. The summed E-state index contributed by atoms with van der Waals surface area (Å²) >= 11 is 5.53. The first kappa shape index (κ1) is 12.7. The number of imidazole rings is 1. The lowest BCUT2D eigenvalue weighted by Crippen LogP contribution is -2.14. The molecule has 1 saturated carbocycles.